The molecule has 2 aliphatic rings. The predicted molar refractivity (Wildman–Crippen MR) is 123 cm³/mol. The Balaban J connectivity index is 0.00000280. The van der Waals surface area contributed by atoms with E-state index in [-0.39, 0.29) is 29.8 Å². The van der Waals surface area contributed by atoms with Gasteiger partial charge in [-0.1, -0.05) is 12.1 Å². The number of morpholine rings is 1. The molecular formula is C20H33FIN5O. The molecule has 1 N–H and O–H groups in total. The number of halogens is 2. The molecule has 2 fully saturated rings. The number of nitrogens with zero attached hydrogens (tertiary/aromatic N) is 4. The molecule has 6 nitrogen and oxygen atoms in total. The summed E-state index contributed by atoms with van der Waals surface area (Å²) in [7, 11) is 1.83. The van der Waals surface area contributed by atoms with Gasteiger partial charge in [-0.2, -0.15) is 0 Å². The maximum atomic E-state index is 14.0. The van der Waals surface area contributed by atoms with E-state index in [4.69, 9.17) is 4.74 Å². The van der Waals surface area contributed by atoms with E-state index < -0.39 is 0 Å². The first kappa shape index (κ1) is 23.2. The molecule has 28 heavy (non-hydrogen) atoms. The van der Waals surface area contributed by atoms with Crippen molar-refractivity contribution in [2.45, 2.75) is 12.8 Å². The van der Waals surface area contributed by atoms with Gasteiger partial charge < -0.3 is 19.9 Å². The summed E-state index contributed by atoms with van der Waals surface area (Å²) in [5, 5.41) is 3.48. The van der Waals surface area contributed by atoms with Crippen LogP contribution >= 0.6 is 24.0 Å². The Kier molecular flexibility index (Phi) is 10.3. The van der Waals surface area contributed by atoms with Gasteiger partial charge >= 0.3 is 0 Å². The molecule has 0 atom stereocenters. The van der Waals surface area contributed by atoms with E-state index in [1.165, 1.54) is 12.5 Å². The molecule has 0 unspecified atom stereocenters. The predicted octanol–water partition coefficient (Wildman–Crippen LogP) is 2.25. The summed E-state index contributed by atoms with van der Waals surface area (Å²) in [6.45, 7) is 9.23. The lowest BCUT2D eigenvalue weighted by Gasteiger charge is -2.37. The van der Waals surface area contributed by atoms with Crippen LogP contribution < -0.4 is 10.2 Å². The molecule has 2 aliphatic heterocycles. The standard InChI is InChI=1S/C20H32FN5O.HI/c1-22-20(23-8-4-5-9-24-14-16-27-17-15-24)26-12-10-25(11-13-26)19-7-3-2-6-18(19)21;/h2-3,6-7H,4-5,8-17H2,1H3,(H,22,23);1H. The Labute approximate surface area is 185 Å². The maximum Gasteiger partial charge on any atom is 0.193 e. The quantitative estimate of drug-likeness (QED) is 0.278. The summed E-state index contributed by atoms with van der Waals surface area (Å²) in [5.41, 5.74) is 0.697. The normalized spacial score (nSPS) is 18.7. The molecule has 0 bridgehead atoms. The van der Waals surface area contributed by atoms with Crippen molar-refractivity contribution in [3.05, 3.63) is 30.1 Å². The molecule has 0 amide bonds. The highest BCUT2D eigenvalue weighted by molar-refractivity contribution is 14.0. The van der Waals surface area contributed by atoms with Gasteiger partial charge in [-0.3, -0.25) is 9.89 Å². The fraction of sp³-hybridized carbons (Fsp3) is 0.650. The third-order valence-electron chi connectivity index (χ3n) is 5.27. The van der Waals surface area contributed by atoms with Crippen molar-refractivity contribution >= 4 is 35.6 Å². The van der Waals surface area contributed by atoms with Crippen LogP contribution in [0.3, 0.4) is 0 Å². The highest BCUT2D eigenvalue weighted by Crippen LogP contribution is 2.20. The zero-order chi connectivity index (χ0) is 18.9. The maximum absolute atomic E-state index is 14.0. The Morgan fingerprint density at radius 3 is 2.46 bits per heavy atom. The van der Waals surface area contributed by atoms with Crippen LogP contribution in [0.4, 0.5) is 10.1 Å². The first-order chi connectivity index (χ1) is 13.3. The van der Waals surface area contributed by atoms with Crippen molar-refractivity contribution in [2.24, 2.45) is 4.99 Å². The van der Waals surface area contributed by atoms with Gasteiger partial charge in [0, 0.05) is 52.9 Å². The van der Waals surface area contributed by atoms with E-state index in [1.54, 1.807) is 6.07 Å². The molecule has 2 saturated heterocycles. The smallest absolute Gasteiger partial charge is 0.193 e. The average Bonchev–Trinajstić information content (AvgIpc) is 2.72. The lowest BCUT2D eigenvalue weighted by atomic mass is 10.2. The van der Waals surface area contributed by atoms with Gasteiger partial charge in [0.2, 0.25) is 0 Å². The number of ether oxygens (including phenoxy) is 1. The summed E-state index contributed by atoms with van der Waals surface area (Å²) >= 11 is 0. The van der Waals surface area contributed by atoms with Gasteiger partial charge in [0.25, 0.3) is 0 Å². The van der Waals surface area contributed by atoms with Gasteiger partial charge in [0.1, 0.15) is 5.82 Å². The van der Waals surface area contributed by atoms with Crippen LogP contribution in [-0.4, -0.2) is 88.4 Å². The average molecular weight is 505 g/mol. The molecular weight excluding hydrogens is 472 g/mol. The minimum Gasteiger partial charge on any atom is -0.379 e. The molecule has 0 aliphatic carbocycles. The third-order valence-corrected chi connectivity index (χ3v) is 5.27. The Hall–Kier alpha value is -1.13. The van der Waals surface area contributed by atoms with Crippen molar-refractivity contribution in [1.29, 1.82) is 0 Å². The second-order valence-corrected chi connectivity index (χ2v) is 7.06. The SMILES string of the molecule is CN=C(NCCCCN1CCOCC1)N1CCN(c2ccccc2F)CC1.I. The minimum absolute atomic E-state index is 0. The van der Waals surface area contributed by atoms with E-state index in [1.807, 2.05) is 19.2 Å². The number of piperazine rings is 1. The summed E-state index contributed by atoms with van der Waals surface area (Å²) < 4.78 is 19.4. The highest BCUT2D eigenvalue weighted by atomic mass is 127. The van der Waals surface area contributed by atoms with Gasteiger partial charge in [-0.05, 0) is 31.5 Å². The summed E-state index contributed by atoms with van der Waals surface area (Å²) in [6.07, 6.45) is 2.32. The van der Waals surface area contributed by atoms with Gasteiger partial charge in [0.15, 0.2) is 5.96 Å². The third kappa shape index (κ3) is 6.73. The monoisotopic (exact) mass is 505 g/mol. The largest absolute Gasteiger partial charge is 0.379 e. The number of nitrogens with one attached hydrogen (secondary N) is 1. The molecule has 3 rings (SSSR count). The molecule has 2 heterocycles. The van der Waals surface area contributed by atoms with Crippen LogP contribution in [0.25, 0.3) is 0 Å². The Morgan fingerprint density at radius 1 is 1.07 bits per heavy atom. The number of anilines is 1. The lowest BCUT2D eigenvalue weighted by Crippen LogP contribution is -2.52. The van der Waals surface area contributed by atoms with Crippen molar-refractivity contribution in [3.63, 3.8) is 0 Å². The Bertz CT molecular complexity index is 604. The molecule has 0 spiro atoms. The van der Waals surface area contributed by atoms with Crippen LogP contribution in [0.15, 0.2) is 29.3 Å². The van der Waals surface area contributed by atoms with E-state index in [2.05, 4.69) is 25.0 Å². The van der Waals surface area contributed by atoms with Gasteiger partial charge in [0.05, 0.1) is 18.9 Å². The Morgan fingerprint density at radius 2 is 1.79 bits per heavy atom. The molecule has 0 radical (unpaired) electrons. The van der Waals surface area contributed by atoms with Crippen molar-refractivity contribution in [2.75, 3.05) is 77.5 Å². The zero-order valence-electron chi connectivity index (χ0n) is 16.8. The summed E-state index contributed by atoms with van der Waals surface area (Å²) in [6, 6.07) is 7.01. The molecule has 158 valence electrons. The fourth-order valence-electron chi connectivity index (χ4n) is 3.68. The summed E-state index contributed by atoms with van der Waals surface area (Å²) in [4.78, 5) is 11.3. The topological polar surface area (TPSA) is 43.3 Å². The summed E-state index contributed by atoms with van der Waals surface area (Å²) in [5.74, 6) is 0.809. The number of hydrogen-bond acceptors (Lipinski definition) is 4. The highest BCUT2D eigenvalue weighted by Gasteiger charge is 2.21. The lowest BCUT2D eigenvalue weighted by molar-refractivity contribution is 0.0372. The second kappa shape index (κ2) is 12.4. The van der Waals surface area contributed by atoms with E-state index >= 15 is 0 Å². The first-order valence-corrected chi connectivity index (χ1v) is 10.0. The van der Waals surface area contributed by atoms with Crippen molar-refractivity contribution < 1.29 is 9.13 Å². The van der Waals surface area contributed by atoms with Crippen molar-refractivity contribution in [3.8, 4) is 0 Å². The van der Waals surface area contributed by atoms with Crippen LogP contribution in [0, 0.1) is 5.82 Å². The first-order valence-electron chi connectivity index (χ1n) is 10.0. The fourth-order valence-corrected chi connectivity index (χ4v) is 3.68. The van der Waals surface area contributed by atoms with E-state index in [0.29, 0.717) is 5.69 Å². The number of rotatable bonds is 6. The molecule has 1 aromatic rings. The molecule has 8 heteroatoms. The number of guanidine groups is 1. The van der Waals surface area contributed by atoms with Crippen molar-refractivity contribution in [1.82, 2.24) is 15.1 Å². The molecule has 1 aromatic carbocycles. The van der Waals surface area contributed by atoms with E-state index in [9.17, 15) is 4.39 Å². The number of para-hydroxylation sites is 1. The van der Waals surface area contributed by atoms with Crippen LogP contribution in [-0.2, 0) is 4.74 Å². The number of benzene rings is 1. The zero-order valence-corrected chi connectivity index (χ0v) is 19.1. The second-order valence-electron chi connectivity index (χ2n) is 7.06. The number of aliphatic imine (C=N–C) groups is 1. The minimum atomic E-state index is -0.145. The van der Waals surface area contributed by atoms with Crippen LogP contribution in [0.5, 0.6) is 0 Å². The van der Waals surface area contributed by atoms with Gasteiger partial charge in [-0.15, -0.1) is 24.0 Å². The molecule has 0 saturated carbocycles. The van der Waals surface area contributed by atoms with Gasteiger partial charge in [-0.25, -0.2) is 4.39 Å². The number of hydrogen-bond donors (Lipinski definition) is 1. The number of unbranched alkanes of at least 4 members (excludes halogenated alkanes) is 1. The van der Waals surface area contributed by atoms with Crippen LogP contribution in [0.2, 0.25) is 0 Å². The van der Waals surface area contributed by atoms with E-state index in [0.717, 1.165) is 78.0 Å². The molecule has 0 aromatic heterocycles. The van der Waals surface area contributed by atoms with Crippen LogP contribution in [0.1, 0.15) is 12.8 Å².